The summed E-state index contributed by atoms with van der Waals surface area (Å²) in [5, 5.41) is 10.4. The lowest BCUT2D eigenvalue weighted by Gasteiger charge is -2.00. The molecule has 60 valence electrons. The van der Waals surface area contributed by atoms with Gasteiger partial charge in [0, 0.05) is 17.2 Å². The zero-order chi connectivity index (χ0) is 9.30. The Labute approximate surface area is 78.7 Å². The molecule has 1 aromatic rings. The second kappa shape index (κ2) is 3.22. The first-order valence-corrected chi connectivity index (χ1v) is 3.88. The van der Waals surface area contributed by atoms with Gasteiger partial charge in [0.15, 0.2) is 0 Å². The normalized spacial score (nSPS) is 9.83. The quantitative estimate of drug-likeness (QED) is 0.309. The van der Waals surface area contributed by atoms with E-state index < -0.39 is 4.92 Å². The highest BCUT2D eigenvalue weighted by Gasteiger charge is 2.13. The van der Waals surface area contributed by atoms with Gasteiger partial charge in [-0.05, 0) is 22.9 Å². The molecule has 0 fully saturated rings. The smallest absolute Gasteiger partial charge is 0.258 e. The molecule has 0 saturated heterocycles. The highest BCUT2D eigenvalue weighted by atomic mass is 79.9. The summed E-state index contributed by atoms with van der Waals surface area (Å²) in [7, 11) is 5.43. The minimum atomic E-state index is -0.533. The van der Waals surface area contributed by atoms with E-state index in [-0.39, 0.29) is 11.2 Å². The zero-order valence-corrected chi connectivity index (χ0v) is 7.83. The van der Waals surface area contributed by atoms with E-state index >= 15 is 0 Å². The number of hydrogen-bond acceptors (Lipinski definition) is 3. The molecule has 0 spiro atoms. The molecule has 0 saturated carbocycles. The van der Waals surface area contributed by atoms with E-state index in [1.54, 1.807) is 6.92 Å². The van der Waals surface area contributed by atoms with Crippen molar-refractivity contribution in [3.05, 3.63) is 26.5 Å². The summed E-state index contributed by atoms with van der Waals surface area (Å²) < 4.78 is 0.418. The highest BCUT2D eigenvalue weighted by molar-refractivity contribution is 9.10. The second-order valence-corrected chi connectivity index (χ2v) is 3.03. The van der Waals surface area contributed by atoms with Gasteiger partial charge in [0.2, 0.25) is 0 Å². The van der Waals surface area contributed by atoms with Gasteiger partial charge in [-0.1, -0.05) is 0 Å². The minimum absolute atomic E-state index is 0.114. The van der Waals surface area contributed by atoms with E-state index in [0.29, 0.717) is 10.3 Å². The van der Waals surface area contributed by atoms with Crippen LogP contribution in [0.25, 0.3) is 0 Å². The Bertz CT molecular complexity index is 343. The van der Waals surface area contributed by atoms with Crippen LogP contribution in [-0.2, 0) is 0 Å². The van der Waals surface area contributed by atoms with Crippen molar-refractivity contribution in [2.75, 3.05) is 0 Å². The Morgan fingerprint density at radius 1 is 1.75 bits per heavy atom. The van der Waals surface area contributed by atoms with Crippen molar-refractivity contribution < 1.29 is 4.92 Å². The maximum atomic E-state index is 10.4. The summed E-state index contributed by atoms with van der Waals surface area (Å²) in [4.78, 5) is 13.8. The standard InChI is InChI=1S/C6H4BBrN2O2/c1-3-6(7)4(10(11)12)2-5(8)9-3/h2H,1H3. The lowest BCUT2D eigenvalue weighted by molar-refractivity contribution is -0.383. The maximum Gasteiger partial charge on any atom is 0.266 e. The molecule has 1 heterocycles. The number of aryl methyl sites for hydroxylation is 1. The predicted octanol–water partition coefficient (Wildman–Crippen LogP) is 0.855. The van der Waals surface area contributed by atoms with Crippen LogP contribution in [0.1, 0.15) is 5.69 Å². The largest absolute Gasteiger partial charge is 0.266 e. The van der Waals surface area contributed by atoms with Gasteiger partial charge in [-0.3, -0.25) is 10.1 Å². The van der Waals surface area contributed by atoms with Crippen LogP contribution in [-0.4, -0.2) is 17.8 Å². The number of nitrogens with zero attached hydrogens (tertiary/aromatic N) is 2. The van der Waals surface area contributed by atoms with E-state index in [4.69, 9.17) is 7.85 Å². The number of halogens is 1. The molecular weight excluding hydrogens is 223 g/mol. The monoisotopic (exact) mass is 226 g/mol. The third-order valence-electron chi connectivity index (χ3n) is 1.39. The van der Waals surface area contributed by atoms with Crippen molar-refractivity contribution in [2.24, 2.45) is 0 Å². The van der Waals surface area contributed by atoms with Gasteiger partial charge < -0.3 is 0 Å². The average Bonchev–Trinajstić information content (AvgIpc) is 1.96. The summed E-state index contributed by atoms with van der Waals surface area (Å²) >= 11 is 3.04. The van der Waals surface area contributed by atoms with Gasteiger partial charge in [0.05, 0.1) is 4.92 Å². The molecule has 1 rings (SSSR count). The van der Waals surface area contributed by atoms with E-state index in [0.717, 1.165) is 0 Å². The van der Waals surface area contributed by atoms with E-state index in [9.17, 15) is 10.1 Å². The van der Waals surface area contributed by atoms with Crippen LogP contribution in [0.2, 0.25) is 0 Å². The fourth-order valence-electron chi connectivity index (χ4n) is 0.780. The van der Waals surface area contributed by atoms with Gasteiger partial charge in [0.25, 0.3) is 5.69 Å². The lowest BCUT2D eigenvalue weighted by atomic mass is 9.93. The Morgan fingerprint density at radius 2 is 2.33 bits per heavy atom. The first-order valence-electron chi connectivity index (χ1n) is 3.09. The molecule has 4 nitrogen and oxygen atoms in total. The maximum absolute atomic E-state index is 10.4. The molecule has 0 aliphatic heterocycles. The molecule has 1 aromatic heterocycles. The van der Waals surface area contributed by atoms with Gasteiger partial charge >= 0.3 is 0 Å². The molecule has 0 bridgehead atoms. The van der Waals surface area contributed by atoms with Crippen LogP contribution in [0.15, 0.2) is 10.7 Å². The van der Waals surface area contributed by atoms with E-state index in [1.165, 1.54) is 6.07 Å². The van der Waals surface area contributed by atoms with Crippen molar-refractivity contribution in [1.82, 2.24) is 4.98 Å². The summed E-state index contributed by atoms with van der Waals surface area (Å²) in [6.45, 7) is 1.62. The molecule has 0 aliphatic carbocycles. The molecule has 0 aromatic carbocycles. The summed E-state index contributed by atoms with van der Waals surface area (Å²) in [5.41, 5.74) is 0.452. The average molecular weight is 227 g/mol. The predicted molar refractivity (Wildman–Crippen MR) is 48.7 cm³/mol. The third-order valence-corrected chi connectivity index (χ3v) is 1.80. The van der Waals surface area contributed by atoms with Crippen LogP contribution in [0.4, 0.5) is 5.69 Å². The molecule has 6 heteroatoms. The zero-order valence-electron chi connectivity index (χ0n) is 6.24. The van der Waals surface area contributed by atoms with Crippen molar-refractivity contribution in [1.29, 1.82) is 0 Å². The summed E-state index contributed by atoms with van der Waals surface area (Å²) in [6, 6.07) is 1.28. The number of rotatable bonds is 1. The van der Waals surface area contributed by atoms with Crippen molar-refractivity contribution >= 4 is 34.9 Å². The molecular formula is C6H4BBrN2O2. The van der Waals surface area contributed by atoms with Crippen LogP contribution in [0.5, 0.6) is 0 Å². The highest BCUT2D eigenvalue weighted by Crippen LogP contribution is 2.14. The molecule has 0 aliphatic rings. The van der Waals surface area contributed by atoms with Crippen LogP contribution >= 0.6 is 15.9 Å². The second-order valence-electron chi connectivity index (χ2n) is 2.22. The fraction of sp³-hybridized carbons (Fsp3) is 0.167. The van der Waals surface area contributed by atoms with Gasteiger partial charge in [-0.15, -0.1) is 0 Å². The summed E-state index contributed by atoms with van der Waals surface area (Å²) in [6.07, 6.45) is 0. The Balaban J connectivity index is 3.37. The Hall–Kier alpha value is -0.905. The van der Waals surface area contributed by atoms with Gasteiger partial charge in [0.1, 0.15) is 12.4 Å². The summed E-state index contributed by atoms with van der Waals surface area (Å²) in [5.74, 6) is 0. The van der Waals surface area contributed by atoms with Crippen molar-refractivity contribution in [2.45, 2.75) is 6.92 Å². The Kier molecular flexibility index (Phi) is 2.47. The fourth-order valence-corrected chi connectivity index (χ4v) is 1.26. The number of pyridine rings is 1. The topological polar surface area (TPSA) is 56.0 Å². The number of nitro groups is 1. The molecule has 0 amide bonds. The molecule has 0 N–H and O–H groups in total. The van der Waals surface area contributed by atoms with Crippen molar-refractivity contribution in [3.63, 3.8) is 0 Å². The van der Waals surface area contributed by atoms with Crippen molar-refractivity contribution in [3.8, 4) is 0 Å². The molecule has 0 unspecified atom stereocenters. The van der Waals surface area contributed by atoms with Gasteiger partial charge in [-0.25, -0.2) is 4.98 Å². The number of hydrogen-bond donors (Lipinski definition) is 0. The van der Waals surface area contributed by atoms with Crippen LogP contribution in [0.3, 0.4) is 0 Å². The van der Waals surface area contributed by atoms with E-state index in [1.807, 2.05) is 0 Å². The third kappa shape index (κ3) is 1.63. The minimum Gasteiger partial charge on any atom is -0.258 e. The first kappa shape index (κ1) is 9.19. The molecule has 0 atom stereocenters. The SMILES string of the molecule is [B]c1c([N+](=O)[O-])cc(Br)nc1C. The van der Waals surface area contributed by atoms with Crippen LogP contribution < -0.4 is 5.46 Å². The Morgan fingerprint density at radius 3 is 2.83 bits per heavy atom. The van der Waals surface area contributed by atoms with E-state index in [2.05, 4.69) is 20.9 Å². The lowest BCUT2D eigenvalue weighted by Crippen LogP contribution is -2.14. The van der Waals surface area contributed by atoms with Gasteiger partial charge in [-0.2, -0.15) is 0 Å². The molecule has 12 heavy (non-hydrogen) atoms. The molecule has 2 radical (unpaired) electrons. The first-order chi connectivity index (χ1) is 5.52. The van der Waals surface area contributed by atoms with Crippen LogP contribution in [0, 0.1) is 17.0 Å². The number of aromatic nitrogens is 1.